The topological polar surface area (TPSA) is 12.9 Å². The molecule has 0 unspecified atom stereocenters. The fraction of sp³-hybridized carbons (Fsp3) is 0.500. The maximum atomic E-state index is 12.8. The first-order valence-electron chi connectivity index (χ1n) is 4.05. The molecule has 66 valence electrons. The highest BCUT2D eigenvalue weighted by Gasteiger charge is 2.15. The van der Waals surface area contributed by atoms with Gasteiger partial charge in [0, 0.05) is 11.1 Å². The molecule has 0 saturated heterocycles. The van der Waals surface area contributed by atoms with Crippen LogP contribution in [0.2, 0.25) is 0 Å². The molecule has 0 aliphatic carbocycles. The molecule has 0 saturated carbocycles. The molecule has 1 rings (SSSR count). The van der Waals surface area contributed by atoms with Crippen molar-refractivity contribution in [3.63, 3.8) is 0 Å². The monoisotopic (exact) mass is 167 g/mol. The molecule has 0 aromatic carbocycles. The van der Waals surface area contributed by atoms with Crippen LogP contribution < -0.4 is 0 Å². The van der Waals surface area contributed by atoms with Gasteiger partial charge in [-0.25, -0.2) is 4.39 Å². The summed E-state index contributed by atoms with van der Waals surface area (Å²) in [7, 11) is 0. The van der Waals surface area contributed by atoms with Gasteiger partial charge in [-0.3, -0.25) is 4.98 Å². The molecule has 0 fully saturated rings. The first kappa shape index (κ1) is 9.17. The maximum Gasteiger partial charge on any atom is 0.144 e. The summed E-state index contributed by atoms with van der Waals surface area (Å²) in [6.45, 7) is 7.87. The third-order valence-electron chi connectivity index (χ3n) is 1.79. The molecule has 0 aliphatic heterocycles. The van der Waals surface area contributed by atoms with Crippen LogP contribution in [-0.2, 0) is 5.41 Å². The van der Waals surface area contributed by atoms with Crippen molar-refractivity contribution in [1.82, 2.24) is 4.98 Å². The van der Waals surface area contributed by atoms with Crippen molar-refractivity contribution in [3.8, 4) is 0 Å². The van der Waals surface area contributed by atoms with E-state index in [0.29, 0.717) is 5.69 Å². The lowest BCUT2D eigenvalue weighted by Gasteiger charge is -2.17. The minimum Gasteiger partial charge on any atom is -0.255 e. The van der Waals surface area contributed by atoms with Gasteiger partial charge in [-0.15, -0.1) is 0 Å². The van der Waals surface area contributed by atoms with Crippen molar-refractivity contribution in [1.29, 1.82) is 0 Å². The van der Waals surface area contributed by atoms with E-state index in [1.165, 1.54) is 6.07 Å². The van der Waals surface area contributed by atoms with Gasteiger partial charge in [-0.2, -0.15) is 0 Å². The third kappa shape index (κ3) is 1.81. The third-order valence-corrected chi connectivity index (χ3v) is 1.79. The normalized spacial score (nSPS) is 11.8. The van der Waals surface area contributed by atoms with E-state index < -0.39 is 0 Å². The fourth-order valence-electron chi connectivity index (χ4n) is 0.962. The van der Waals surface area contributed by atoms with Crippen LogP contribution in [0.4, 0.5) is 4.39 Å². The minimum atomic E-state index is -0.233. The van der Waals surface area contributed by atoms with E-state index in [1.807, 2.05) is 0 Å². The van der Waals surface area contributed by atoms with Gasteiger partial charge in [0.15, 0.2) is 0 Å². The second kappa shape index (κ2) is 2.85. The molecular weight excluding hydrogens is 153 g/mol. The predicted octanol–water partition coefficient (Wildman–Crippen LogP) is 2.83. The Morgan fingerprint density at radius 2 is 1.83 bits per heavy atom. The standard InChI is InChI=1S/C10H14FN/c1-7-8(11)5-6-9(12-7)10(2,3)4/h5-6H,1-4H3. The Hall–Kier alpha value is -0.920. The van der Waals surface area contributed by atoms with Crippen LogP contribution in [0.1, 0.15) is 32.2 Å². The summed E-state index contributed by atoms with van der Waals surface area (Å²) in [6.07, 6.45) is 0. The highest BCUT2D eigenvalue weighted by molar-refractivity contribution is 5.17. The molecule has 0 spiro atoms. The van der Waals surface area contributed by atoms with Crippen molar-refractivity contribution in [3.05, 3.63) is 29.3 Å². The Bertz CT molecular complexity index is 286. The van der Waals surface area contributed by atoms with Gasteiger partial charge < -0.3 is 0 Å². The highest BCUT2D eigenvalue weighted by atomic mass is 19.1. The summed E-state index contributed by atoms with van der Waals surface area (Å²) >= 11 is 0. The number of hydrogen-bond donors (Lipinski definition) is 0. The van der Waals surface area contributed by atoms with Crippen molar-refractivity contribution in [2.45, 2.75) is 33.1 Å². The van der Waals surface area contributed by atoms with Gasteiger partial charge in [0.25, 0.3) is 0 Å². The van der Waals surface area contributed by atoms with E-state index in [-0.39, 0.29) is 11.2 Å². The maximum absolute atomic E-state index is 12.8. The SMILES string of the molecule is Cc1nc(C(C)(C)C)ccc1F. The lowest BCUT2D eigenvalue weighted by Crippen LogP contribution is -2.14. The van der Waals surface area contributed by atoms with E-state index in [4.69, 9.17) is 0 Å². The summed E-state index contributed by atoms with van der Waals surface area (Å²) in [6, 6.07) is 3.21. The number of hydrogen-bond acceptors (Lipinski definition) is 1. The van der Waals surface area contributed by atoms with E-state index in [2.05, 4.69) is 25.8 Å². The van der Waals surface area contributed by atoms with E-state index in [9.17, 15) is 4.39 Å². The minimum absolute atomic E-state index is 0.00153. The number of pyridine rings is 1. The van der Waals surface area contributed by atoms with Crippen LogP contribution in [0.15, 0.2) is 12.1 Å². The Labute approximate surface area is 72.6 Å². The fourth-order valence-corrected chi connectivity index (χ4v) is 0.962. The van der Waals surface area contributed by atoms with Gasteiger partial charge >= 0.3 is 0 Å². The summed E-state index contributed by atoms with van der Waals surface area (Å²) in [4.78, 5) is 4.17. The molecule has 1 heterocycles. The molecule has 0 aliphatic rings. The van der Waals surface area contributed by atoms with E-state index >= 15 is 0 Å². The zero-order chi connectivity index (χ0) is 9.35. The number of halogens is 1. The number of nitrogens with zero attached hydrogens (tertiary/aromatic N) is 1. The average Bonchev–Trinajstić information content (AvgIpc) is 1.92. The zero-order valence-corrected chi connectivity index (χ0v) is 7.98. The predicted molar refractivity (Wildman–Crippen MR) is 47.6 cm³/mol. The van der Waals surface area contributed by atoms with Gasteiger partial charge in [0.2, 0.25) is 0 Å². The molecule has 0 bridgehead atoms. The molecule has 1 aromatic heterocycles. The molecular formula is C10H14FN. The smallest absolute Gasteiger partial charge is 0.144 e. The van der Waals surface area contributed by atoms with E-state index in [1.54, 1.807) is 13.0 Å². The molecule has 2 heteroatoms. The summed E-state index contributed by atoms with van der Waals surface area (Å²) in [5, 5.41) is 0. The van der Waals surface area contributed by atoms with Crippen LogP contribution in [0.25, 0.3) is 0 Å². The van der Waals surface area contributed by atoms with Crippen LogP contribution >= 0.6 is 0 Å². The highest BCUT2D eigenvalue weighted by Crippen LogP contribution is 2.20. The Morgan fingerprint density at radius 1 is 1.25 bits per heavy atom. The van der Waals surface area contributed by atoms with Gasteiger partial charge in [-0.05, 0) is 19.1 Å². The second-order valence-corrected chi connectivity index (χ2v) is 4.01. The Balaban J connectivity index is 3.14. The van der Waals surface area contributed by atoms with Crippen LogP contribution in [0, 0.1) is 12.7 Å². The van der Waals surface area contributed by atoms with Crippen LogP contribution in [0.3, 0.4) is 0 Å². The van der Waals surface area contributed by atoms with Crippen molar-refractivity contribution in [2.75, 3.05) is 0 Å². The van der Waals surface area contributed by atoms with Crippen molar-refractivity contribution < 1.29 is 4.39 Å². The van der Waals surface area contributed by atoms with Gasteiger partial charge in [-0.1, -0.05) is 20.8 Å². The quantitative estimate of drug-likeness (QED) is 0.579. The largest absolute Gasteiger partial charge is 0.255 e. The summed E-state index contributed by atoms with van der Waals surface area (Å²) in [5.74, 6) is -0.233. The molecule has 1 nitrogen and oxygen atoms in total. The van der Waals surface area contributed by atoms with Gasteiger partial charge in [0.1, 0.15) is 5.82 Å². The Kier molecular flexibility index (Phi) is 2.18. The first-order valence-corrected chi connectivity index (χ1v) is 4.05. The van der Waals surface area contributed by atoms with Crippen molar-refractivity contribution >= 4 is 0 Å². The molecule has 0 atom stereocenters. The lowest BCUT2D eigenvalue weighted by atomic mass is 9.91. The number of aromatic nitrogens is 1. The zero-order valence-electron chi connectivity index (χ0n) is 7.98. The molecule has 1 aromatic rings. The molecule has 12 heavy (non-hydrogen) atoms. The van der Waals surface area contributed by atoms with Crippen LogP contribution in [-0.4, -0.2) is 4.98 Å². The van der Waals surface area contributed by atoms with Crippen LogP contribution in [0.5, 0.6) is 0 Å². The number of aryl methyl sites for hydroxylation is 1. The second-order valence-electron chi connectivity index (χ2n) is 4.01. The average molecular weight is 167 g/mol. The number of rotatable bonds is 0. The molecule has 0 N–H and O–H groups in total. The first-order chi connectivity index (χ1) is 5.41. The van der Waals surface area contributed by atoms with Crippen molar-refractivity contribution in [2.24, 2.45) is 0 Å². The molecule has 0 radical (unpaired) electrons. The molecule has 0 amide bonds. The summed E-state index contributed by atoms with van der Waals surface area (Å²) in [5.41, 5.74) is 1.40. The van der Waals surface area contributed by atoms with Gasteiger partial charge in [0.05, 0.1) is 5.69 Å². The van der Waals surface area contributed by atoms with E-state index in [0.717, 1.165) is 5.69 Å². The summed E-state index contributed by atoms with van der Waals surface area (Å²) < 4.78 is 12.8. The Morgan fingerprint density at radius 3 is 2.25 bits per heavy atom. The lowest BCUT2D eigenvalue weighted by molar-refractivity contribution is 0.551.